The fraction of sp³-hybridized carbons (Fsp3) is 0.125. The molecule has 0 spiro atoms. The van der Waals surface area contributed by atoms with Crippen LogP contribution in [0.5, 0.6) is 5.75 Å². The number of hydrogen-bond acceptors (Lipinski definition) is 3. The Bertz CT molecular complexity index is 676. The molecule has 2 rings (SSSR count). The van der Waals surface area contributed by atoms with Crippen molar-refractivity contribution >= 4 is 21.7 Å². The smallest absolute Gasteiger partial charge is 0.188 e. The number of carbonyl (C=O) groups is 1. The predicted molar refractivity (Wildman–Crippen MR) is 79.8 cm³/mol. The number of methoxy groups -OCH3 is 1. The number of Topliss-reactive ketones (excluding diaryl/α,β-unsaturated/α-hetero) is 1. The van der Waals surface area contributed by atoms with Crippen molar-refractivity contribution in [1.82, 2.24) is 0 Å². The molecule has 1 unspecified atom stereocenters. The average molecular weight is 330 g/mol. The van der Waals surface area contributed by atoms with Gasteiger partial charge in [0.15, 0.2) is 5.78 Å². The number of benzene rings is 2. The molecule has 0 aromatic heterocycles. The second-order valence-corrected chi connectivity index (χ2v) is 5.10. The van der Waals surface area contributed by atoms with Gasteiger partial charge in [-0.1, -0.05) is 40.2 Å². The number of ketones is 1. The highest BCUT2D eigenvalue weighted by Crippen LogP contribution is 2.27. The maximum Gasteiger partial charge on any atom is 0.188 e. The number of nitriles is 1. The fourth-order valence-electron chi connectivity index (χ4n) is 1.97. The Hall–Kier alpha value is -2.12. The molecule has 0 heterocycles. The first kappa shape index (κ1) is 14.3. The molecule has 3 nitrogen and oxygen atoms in total. The topological polar surface area (TPSA) is 50.1 Å². The number of carbonyl (C=O) groups excluding carboxylic acids is 1. The molecule has 2 aromatic carbocycles. The van der Waals surface area contributed by atoms with Crippen LogP contribution < -0.4 is 4.74 Å². The third kappa shape index (κ3) is 2.89. The van der Waals surface area contributed by atoms with Gasteiger partial charge in [-0.2, -0.15) is 5.26 Å². The van der Waals surface area contributed by atoms with Gasteiger partial charge in [-0.15, -0.1) is 0 Å². The van der Waals surface area contributed by atoms with Gasteiger partial charge in [0.1, 0.15) is 11.7 Å². The zero-order valence-electron chi connectivity index (χ0n) is 10.8. The number of halogens is 1. The van der Waals surface area contributed by atoms with Crippen LogP contribution in [0.25, 0.3) is 0 Å². The third-order valence-electron chi connectivity index (χ3n) is 2.95. The third-order valence-corrected chi connectivity index (χ3v) is 3.44. The maximum absolute atomic E-state index is 12.5. The van der Waals surface area contributed by atoms with Gasteiger partial charge in [0.2, 0.25) is 0 Å². The number of hydrogen-bond donors (Lipinski definition) is 0. The molecule has 0 bridgehead atoms. The van der Waals surface area contributed by atoms with E-state index < -0.39 is 5.92 Å². The van der Waals surface area contributed by atoms with Gasteiger partial charge in [0, 0.05) is 4.47 Å². The fourth-order valence-corrected chi connectivity index (χ4v) is 2.39. The quantitative estimate of drug-likeness (QED) is 0.798. The average Bonchev–Trinajstić information content (AvgIpc) is 2.48. The molecule has 0 radical (unpaired) electrons. The minimum atomic E-state index is -0.844. The highest BCUT2D eigenvalue weighted by molar-refractivity contribution is 9.10. The summed E-state index contributed by atoms with van der Waals surface area (Å²) in [6.45, 7) is 0. The van der Waals surface area contributed by atoms with Gasteiger partial charge in [0.05, 0.1) is 18.7 Å². The Balaban J connectivity index is 2.42. The highest BCUT2D eigenvalue weighted by atomic mass is 79.9. The van der Waals surface area contributed by atoms with E-state index >= 15 is 0 Å². The van der Waals surface area contributed by atoms with E-state index in [9.17, 15) is 10.1 Å². The summed E-state index contributed by atoms with van der Waals surface area (Å²) in [5.41, 5.74) is 1.08. The number of nitrogens with zero attached hydrogens (tertiary/aromatic N) is 1. The Labute approximate surface area is 125 Å². The van der Waals surface area contributed by atoms with Crippen LogP contribution in [0.2, 0.25) is 0 Å². The summed E-state index contributed by atoms with van der Waals surface area (Å²) in [5, 5.41) is 9.34. The second-order valence-electron chi connectivity index (χ2n) is 4.18. The molecule has 0 saturated heterocycles. The molecule has 0 aliphatic carbocycles. The van der Waals surface area contributed by atoms with Crippen molar-refractivity contribution in [3.8, 4) is 11.8 Å². The van der Waals surface area contributed by atoms with Crippen LogP contribution in [0.4, 0.5) is 0 Å². The summed E-state index contributed by atoms with van der Waals surface area (Å²) < 4.78 is 6.02. The van der Waals surface area contributed by atoms with E-state index in [4.69, 9.17) is 4.74 Å². The Morgan fingerprint density at radius 3 is 2.65 bits per heavy atom. The number of para-hydroxylation sites is 1. The van der Waals surface area contributed by atoms with Gasteiger partial charge in [-0.3, -0.25) is 4.79 Å². The highest BCUT2D eigenvalue weighted by Gasteiger charge is 2.24. The first-order valence-corrected chi connectivity index (χ1v) is 6.79. The van der Waals surface area contributed by atoms with Crippen molar-refractivity contribution in [2.24, 2.45) is 0 Å². The number of ether oxygens (including phenoxy) is 1. The van der Waals surface area contributed by atoms with Crippen LogP contribution in [0.3, 0.4) is 0 Å². The lowest BCUT2D eigenvalue weighted by atomic mass is 9.91. The van der Waals surface area contributed by atoms with E-state index in [1.54, 1.807) is 42.5 Å². The Morgan fingerprint density at radius 2 is 2.00 bits per heavy atom. The minimum Gasteiger partial charge on any atom is -0.496 e. The SMILES string of the molecule is COc1ccccc1C(=O)C(C#N)c1cccc(Br)c1. The summed E-state index contributed by atoms with van der Waals surface area (Å²) in [5.74, 6) is -0.625. The van der Waals surface area contributed by atoms with Gasteiger partial charge < -0.3 is 4.74 Å². The molecule has 0 aliphatic rings. The van der Waals surface area contributed by atoms with Crippen molar-refractivity contribution in [2.45, 2.75) is 5.92 Å². The predicted octanol–water partition coefficient (Wildman–Crippen LogP) is 3.95. The van der Waals surface area contributed by atoms with E-state index in [0.29, 0.717) is 16.9 Å². The van der Waals surface area contributed by atoms with Crippen LogP contribution in [-0.4, -0.2) is 12.9 Å². The van der Waals surface area contributed by atoms with Gasteiger partial charge in [-0.25, -0.2) is 0 Å². The van der Waals surface area contributed by atoms with Crippen molar-refractivity contribution < 1.29 is 9.53 Å². The molecule has 1 atom stereocenters. The Morgan fingerprint density at radius 1 is 1.25 bits per heavy atom. The van der Waals surface area contributed by atoms with Gasteiger partial charge in [0.25, 0.3) is 0 Å². The zero-order valence-corrected chi connectivity index (χ0v) is 12.4. The monoisotopic (exact) mass is 329 g/mol. The van der Waals surface area contributed by atoms with Crippen molar-refractivity contribution in [3.63, 3.8) is 0 Å². The molecule has 0 N–H and O–H groups in total. The van der Waals surface area contributed by atoms with E-state index in [0.717, 1.165) is 4.47 Å². The summed E-state index contributed by atoms with van der Waals surface area (Å²) in [7, 11) is 1.51. The zero-order chi connectivity index (χ0) is 14.5. The van der Waals surface area contributed by atoms with E-state index in [2.05, 4.69) is 22.0 Å². The van der Waals surface area contributed by atoms with Gasteiger partial charge >= 0.3 is 0 Å². The van der Waals surface area contributed by atoms with Crippen molar-refractivity contribution in [2.75, 3.05) is 7.11 Å². The maximum atomic E-state index is 12.5. The van der Waals surface area contributed by atoms with Crippen molar-refractivity contribution in [3.05, 3.63) is 64.1 Å². The van der Waals surface area contributed by atoms with E-state index in [1.165, 1.54) is 7.11 Å². The normalized spacial score (nSPS) is 11.4. The van der Waals surface area contributed by atoms with Crippen LogP contribution in [0, 0.1) is 11.3 Å². The molecular formula is C16H12BrNO2. The summed E-state index contributed by atoms with van der Waals surface area (Å²) in [6.07, 6.45) is 0. The molecule has 4 heteroatoms. The van der Waals surface area contributed by atoms with Gasteiger partial charge in [-0.05, 0) is 29.8 Å². The van der Waals surface area contributed by atoms with E-state index in [-0.39, 0.29) is 5.78 Å². The van der Waals surface area contributed by atoms with Crippen LogP contribution in [0.15, 0.2) is 53.0 Å². The molecule has 2 aromatic rings. The standard InChI is InChI=1S/C16H12BrNO2/c1-20-15-8-3-2-7-13(15)16(19)14(10-18)11-5-4-6-12(17)9-11/h2-9,14H,1H3. The first-order chi connectivity index (χ1) is 9.67. The first-order valence-electron chi connectivity index (χ1n) is 5.99. The summed E-state index contributed by atoms with van der Waals surface area (Å²) in [4.78, 5) is 12.5. The van der Waals surface area contributed by atoms with E-state index in [1.807, 2.05) is 6.07 Å². The molecule has 0 aliphatic heterocycles. The summed E-state index contributed by atoms with van der Waals surface area (Å²) >= 11 is 3.35. The lowest BCUT2D eigenvalue weighted by Crippen LogP contribution is -2.12. The lowest BCUT2D eigenvalue weighted by Gasteiger charge is -2.12. The van der Waals surface area contributed by atoms with Crippen LogP contribution >= 0.6 is 15.9 Å². The number of rotatable bonds is 4. The lowest BCUT2D eigenvalue weighted by molar-refractivity contribution is 0.0976. The molecule has 0 fully saturated rings. The Kier molecular flexibility index (Phi) is 4.54. The molecule has 0 amide bonds. The largest absolute Gasteiger partial charge is 0.496 e. The van der Waals surface area contributed by atoms with Crippen LogP contribution in [-0.2, 0) is 0 Å². The molecular weight excluding hydrogens is 318 g/mol. The molecule has 0 saturated carbocycles. The molecule has 100 valence electrons. The minimum absolute atomic E-state index is 0.261. The van der Waals surface area contributed by atoms with Crippen LogP contribution in [0.1, 0.15) is 21.8 Å². The van der Waals surface area contributed by atoms with Crippen molar-refractivity contribution in [1.29, 1.82) is 5.26 Å². The summed E-state index contributed by atoms with van der Waals surface area (Å²) in [6, 6.07) is 16.2. The second kappa shape index (κ2) is 6.36. The molecule has 20 heavy (non-hydrogen) atoms.